The molecule has 0 bridgehead atoms. The normalized spacial score (nSPS) is 32.2. The minimum absolute atomic E-state index is 0.316. The van der Waals surface area contributed by atoms with Crippen molar-refractivity contribution in [1.82, 2.24) is 0 Å². The summed E-state index contributed by atoms with van der Waals surface area (Å²) >= 11 is 0. The molecule has 3 heteroatoms. The zero-order valence-corrected chi connectivity index (χ0v) is 9.45. The Hall–Kier alpha value is -0.210. The van der Waals surface area contributed by atoms with Crippen LogP contribution in [0, 0.1) is 16.7 Å². The van der Waals surface area contributed by atoms with Gasteiger partial charge in [0.25, 0.3) is 0 Å². The zero-order valence-electron chi connectivity index (χ0n) is 9.45. The molecule has 2 fully saturated rings. The molecule has 0 radical (unpaired) electrons. The van der Waals surface area contributed by atoms with Gasteiger partial charge in [-0.2, -0.15) is 13.2 Å². The molecule has 2 rings (SSSR count). The maximum atomic E-state index is 12.8. The molecule has 0 aromatic heterocycles. The van der Waals surface area contributed by atoms with Gasteiger partial charge in [0.15, 0.2) is 0 Å². The molecule has 15 heavy (non-hydrogen) atoms. The first-order chi connectivity index (χ1) is 6.77. The first-order valence-corrected chi connectivity index (χ1v) is 5.84. The minimum atomic E-state index is -3.97. The number of alkyl halides is 3. The van der Waals surface area contributed by atoms with Gasteiger partial charge in [0.05, 0.1) is 5.41 Å². The van der Waals surface area contributed by atoms with Crippen molar-refractivity contribution >= 4 is 0 Å². The van der Waals surface area contributed by atoms with Crippen LogP contribution in [0.15, 0.2) is 0 Å². The molecule has 2 saturated carbocycles. The first kappa shape index (κ1) is 11.3. The molecule has 0 heterocycles. The van der Waals surface area contributed by atoms with Gasteiger partial charge in [0, 0.05) is 0 Å². The third kappa shape index (κ3) is 1.90. The van der Waals surface area contributed by atoms with Gasteiger partial charge < -0.3 is 0 Å². The summed E-state index contributed by atoms with van der Waals surface area (Å²) in [7, 11) is 0. The van der Waals surface area contributed by atoms with Gasteiger partial charge in [0.2, 0.25) is 0 Å². The third-order valence-corrected chi connectivity index (χ3v) is 4.60. The number of halogens is 3. The van der Waals surface area contributed by atoms with E-state index in [4.69, 9.17) is 0 Å². The van der Waals surface area contributed by atoms with Gasteiger partial charge in [-0.1, -0.05) is 20.3 Å². The smallest absolute Gasteiger partial charge is 0.171 e. The van der Waals surface area contributed by atoms with E-state index >= 15 is 0 Å². The monoisotopic (exact) mass is 220 g/mol. The van der Waals surface area contributed by atoms with Crippen molar-refractivity contribution < 1.29 is 13.2 Å². The minimum Gasteiger partial charge on any atom is -0.171 e. The molecule has 0 aliphatic heterocycles. The van der Waals surface area contributed by atoms with Crippen LogP contribution in [0.1, 0.15) is 52.4 Å². The Labute approximate surface area is 89.2 Å². The quantitative estimate of drug-likeness (QED) is 0.654. The number of rotatable bonds is 3. The van der Waals surface area contributed by atoms with Crippen LogP contribution in [-0.4, -0.2) is 6.18 Å². The Morgan fingerprint density at radius 2 is 1.73 bits per heavy atom. The fraction of sp³-hybridized carbons (Fsp3) is 1.00. The van der Waals surface area contributed by atoms with Crippen LogP contribution >= 0.6 is 0 Å². The fourth-order valence-electron chi connectivity index (χ4n) is 2.80. The summed E-state index contributed by atoms with van der Waals surface area (Å²) in [6.07, 6.45) is -0.233. The van der Waals surface area contributed by atoms with Gasteiger partial charge in [-0.15, -0.1) is 0 Å². The Kier molecular flexibility index (Phi) is 2.36. The number of hydrogen-bond donors (Lipinski definition) is 0. The number of hydrogen-bond acceptors (Lipinski definition) is 0. The SMILES string of the molecule is CC1(C)CC1CCC1(C(F)(F)F)CCC1. The predicted molar refractivity (Wildman–Crippen MR) is 53.5 cm³/mol. The molecule has 2 aliphatic rings. The van der Waals surface area contributed by atoms with E-state index < -0.39 is 11.6 Å². The molecule has 0 spiro atoms. The maximum absolute atomic E-state index is 12.8. The predicted octanol–water partition coefficient (Wildman–Crippen LogP) is 4.55. The molecule has 88 valence electrons. The van der Waals surface area contributed by atoms with Crippen molar-refractivity contribution in [3.05, 3.63) is 0 Å². The van der Waals surface area contributed by atoms with Gasteiger partial charge in [-0.3, -0.25) is 0 Å². The van der Waals surface area contributed by atoms with Crippen LogP contribution in [-0.2, 0) is 0 Å². The average Bonchev–Trinajstić information content (AvgIpc) is 2.53. The molecule has 0 N–H and O–H groups in total. The van der Waals surface area contributed by atoms with Crippen LogP contribution in [0.5, 0.6) is 0 Å². The molecular formula is C12H19F3. The second-order valence-electron chi connectivity index (χ2n) is 6.06. The van der Waals surface area contributed by atoms with E-state index in [1.807, 2.05) is 0 Å². The highest BCUT2D eigenvalue weighted by Crippen LogP contribution is 2.60. The second kappa shape index (κ2) is 3.14. The Morgan fingerprint density at radius 3 is 2.00 bits per heavy atom. The lowest BCUT2D eigenvalue weighted by Gasteiger charge is -2.43. The summed E-state index contributed by atoms with van der Waals surface area (Å²) in [6.45, 7) is 4.30. The molecular weight excluding hydrogens is 201 g/mol. The fourth-order valence-corrected chi connectivity index (χ4v) is 2.80. The van der Waals surface area contributed by atoms with Gasteiger partial charge in [0.1, 0.15) is 0 Å². The molecule has 1 atom stereocenters. The molecule has 1 unspecified atom stereocenters. The van der Waals surface area contributed by atoms with Gasteiger partial charge >= 0.3 is 6.18 Å². The third-order valence-electron chi connectivity index (χ3n) is 4.60. The molecule has 2 aliphatic carbocycles. The second-order valence-corrected chi connectivity index (χ2v) is 6.06. The summed E-state index contributed by atoms with van der Waals surface area (Å²) in [5.41, 5.74) is -0.984. The van der Waals surface area contributed by atoms with Crippen LogP contribution in [0.3, 0.4) is 0 Å². The summed E-state index contributed by atoms with van der Waals surface area (Å²) < 4.78 is 38.5. The van der Waals surface area contributed by atoms with E-state index in [1.165, 1.54) is 0 Å². The summed E-state index contributed by atoms with van der Waals surface area (Å²) in [5.74, 6) is 0.539. The van der Waals surface area contributed by atoms with Gasteiger partial charge in [-0.05, 0) is 43.4 Å². The summed E-state index contributed by atoms with van der Waals surface area (Å²) in [4.78, 5) is 0. The van der Waals surface area contributed by atoms with E-state index in [1.54, 1.807) is 0 Å². The topological polar surface area (TPSA) is 0 Å². The van der Waals surface area contributed by atoms with Crippen molar-refractivity contribution in [3.63, 3.8) is 0 Å². The van der Waals surface area contributed by atoms with Crippen molar-refractivity contribution in [1.29, 1.82) is 0 Å². The summed E-state index contributed by atoms with van der Waals surface area (Å²) in [5, 5.41) is 0. The molecule has 0 nitrogen and oxygen atoms in total. The van der Waals surface area contributed by atoms with E-state index in [0.717, 1.165) is 19.3 Å². The van der Waals surface area contributed by atoms with E-state index in [-0.39, 0.29) is 0 Å². The first-order valence-electron chi connectivity index (χ1n) is 5.84. The Bertz CT molecular complexity index is 248. The van der Waals surface area contributed by atoms with Crippen molar-refractivity contribution in [2.75, 3.05) is 0 Å². The van der Waals surface area contributed by atoms with Gasteiger partial charge in [-0.25, -0.2) is 0 Å². The van der Waals surface area contributed by atoms with Crippen LogP contribution < -0.4 is 0 Å². The Balaban J connectivity index is 1.87. The zero-order chi connectivity index (χ0) is 11.3. The van der Waals surface area contributed by atoms with E-state index in [2.05, 4.69) is 13.8 Å². The van der Waals surface area contributed by atoms with Crippen LogP contribution in [0.2, 0.25) is 0 Å². The lowest BCUT2D eigenvalue weighted by Crippen LogP contribution is -2.43. The van der Waals surface area contributed by atoms with E-state index in [0.29, 0.717) is 30.6 Å². The van der Waals surface area contributed by atoms with Crippen LogP contribution in [0.25, 0.3) is 0 Å². The average molecular weight is 220 g/mol. The molecule has 0 saturated heterocycles. The van der Waals surface area contributed by atoms with Crippen LogP contribution in [0.4, 0.5) is 13.2 Å². The largest absolute Gasteiger partial charge is 0.394 e. The highest BCUT2D eigenvalue weighted by atomic mass is 19.4. The molecule has 0 aromatic carbocycles. The maximum Gasteiger partial charge on any atom is 0.394 e. The standard InChI is InChI=1S/C12H19F3/c1-10(2)8-9(10)4-7-11(5-3-6-11)12(13,14)15/h9H,3-8H2,1-2H3. The lowest BCUT2D eigenvalue weighted by atomic mass is 9.65. The van der Waals surface area contributed by atoms with Crippen molar-refractivity contribution in [2.45, 2.75) is 58.5 Å². The lowest BCUT2D eigenvalue weighted by molar-refractivity contribution is -0.254. The molecule has 0 amide bonds. The highest BCUT2D eigenvalue weighted by Gasteiger charge is 2.58. The Morgan fingerprint density at radius 1 is 1.20 bits per heavy atom. The van der Waals surface area contributed by atoms with Crippen molar-refractivity contribution in [2.24, 2.45) is 16.7 Å². The van der Waals surface area contributed by atoms with E-state index in [9.17, 15) is 13.2 Å². The summed E-state index contributed by atoms with van der Waals surface area (Å²) in [6, 6.07) is 0. The molecule has 0 aromatic rings. The van der Waals surface area contributed by atoms with Crippen molar-refractivity contribution in [3.8, 4) is 0 Å². The highest BCUT2D eigenvalue weighted by molar-refractivity contribution is 4.99.